The number of hydrogen-bond donors (Lipinski definition) is 1. The quantitative estimate of drug-likeness (QED) is 0.851. The number of para-hydroxylation sites is 1. The number of nitrogens with zero attached hydrogens (tertiary/aromatic N) is 2. The molecule has 0 aliphatic carbocycles. The van der Waals surface area contributed by atoms with Crippen LogP contribution in [-0.4, -0.2) is 9.55 Å². The van der Waals surface area contributed by atoms with Gasteiger partial charge in [0.25, 0.3) is 0 Å². The third kappa shape index (κ3) is 2.08. The van der Waals surface area contributed by atoms with Crippen molar-refractivity contribution in [3.8, 4) is 0 Å². The second-order valence-electron chi connectivity index (χ2n) is 3.93. The first-order valence-corrected chi connectivity index (χ1v) is 5.57. The summed E-state index contributed by atoms with van der Waals surface area (Å²) >= 11 is 0. The van der Waals surface area contributed by atoms with Crippen LogP contribution in [0.4, 0.5) is 11.6 Å². The number of hydrogen-bond acceptors (Lipinski definition) is 2. The first kappa shape index (κ1) is 10.7. The van der Waals surface area contributed by atoms with E-state index in [2.05, 4.69) is 47.0 Å². The minimum absolute atomic E-state index is 0.911. The van der Waals surface area contributed by atoms with Crippen LogP contribution in [0.5, 0.6) is 0 Å². The summed E-state index contributed by atoms with van der Waals surface area (Å²) in [6, 6.07) is 8.23. The number of anilines is 2. The van der Waals surface area contributed by atoms with Gasteiger partial charge >= 0.3 is 0 Å². The number of benzene rings is 1. The summed E-state index contributed by atoms with van der Waals surface area (Å²) in [6.45, 7) is 7.14. The highest BCUT2D eigenvalue weighted by molar-refractivity contribution is 5.58. The molecule has 84 valence electrons. The van der Waals surface area contributed by atoms with Crippen molar-refractivity contribution in [3.63, 3.8) is 0 Å². The number of nitrogens with one attached hydrogen (secondary N) is 1. The lowest BCUT2D eigenvalue weighted by atomic mass is 10.2. The maximum absolute atomic E-state index is 4.47. The van der Waals surface area contributed by atoms with Gasteiger partial charge < -0.3 is 9.88 Å². The summed E-state index contributed by atoms with van der Waals surface area (Å²) in [4.78, 5) is 4.47. The highest BCUT2D eigenvalue weighted by Gasteiger charge is 2.05. The SMILES string of the molecule is CCn1cc(C)nc1Nc1ccccc1C. The first-order chi connectivity index (χ1) is 7.70. The highest BCUT2D eigenvalue weighted by atomic mass is 15.2. The second kappa shape index (κ2) is 4.39. The molecule has 1 heterocycles. The number of rotatable bonds is 3. The van der Waals surface area contributed by atoms with Gasteiger partial charge in [0.15, 0.2) is 0 Å². The Hall–Kier alpha value is -1.77. The summed E-state index contributed by atoms with van der Waals surface area (Å²) in [5.41, 5.74) is 3.38. The number of aryl methyl sites for hydroxylation is 3. The molecule has 0 saturated carbocycles. The Morgan fingerprint density at radius 2 is 2.00 bits per heavy atom. The standard InChI is InChI=1S/C13H17N3/c1-4-16-9-11(3)14-13(16)15-12-8-6-5-7-10(12)2/h5-9H,4H2,1-3H3,(H,14,15). The van der Waals surface area contributed by atoms with Crippen molar-refractivity contribution in [1.29, 1.82) is 0 Å². The van der Waals surface area contributed by atoms with E-state index in [-0.39, 0.29) is 0 Å². The molecular weight excluding hydrogens is 198 g/mol. The highest BCUT2D eigenvalue weighted by Crippen LogP contribution is 2.19. The van der Waals surface area contributed by atoms with Crippen molar-refractivity contribution in [2.24, 2.45) is 0 Å². The maximum Gasteiger partial charge on any atom is 0.207 e. The molecule has 0 unspecified atom stereocenters. The van der Waals surface area contributed by atoms with E-state index < -0.39 is 0 Å². The fourth-order valence-electron chi connectivity index (χ4n) is 1.72. The fraction of sp³-hybridized carbons (Fsp3) is 0.308. The topological polar surface area (TPSA) is 29.9 Å². The van der Waals surface area contributed by atoms with E-state index in [9.17, 15) is 0 Å². The predicted octanol–water partition coefficient (Wildman–Crippen LogP) is 3.26. The molecule has 2 aromatic rings. The molecule has 0 amide bonds. The van der Waals surface area contributed by atoms with Crippen molar-refractivity contribution >= 4 is 11.6 Å². The Balaban J connectivity index is 2.30. The van der Waals surface area contributed by atoms with Crippen molar-refractivity contribution in [1.82, 2.24) is 9.55 Å². The molecule has 0 aliphatic rings. The molecule has 3 nitrogen and oxygen atoms in total. The molecule has 3 heteroatoms. The molecule has 1 aromatic carbocycles. The molecule has 0 fully saturated rings. The Labute approximate surface area is 96.1 Å². The monoisotopic (exact) mass is 215 g/mol. The molecule has 0 radical (unpaired) electrons. The van der Waals surface area contributed by atoms with Crippen LogP contribution in [0.3, 0.4) is 0 Å². The van der Waals surface area contributed by atoms with Crippen molar-refractivity contribution in [2.45, 2.75) is 27.3 Å². The van der Waals surface area contributed by atoms with E-state index in [0.29, 0.717) is 0 Å². The lowest BCUT2D eigenvalue weighted by molar-refractivity contribution is 0.771. The van der Waals surface area contributed by atoms with E-state index in [1.807, 2.05) is 19.1 Å². The van der Waals surface area contributed by atoms with Crippen LogP contribution in [0.15, 0.2) is 30.5 Å². The number of imidazole rings is 1. The van der Waals surface area contributed by atoms with Crippen LogP contribution in [0.25, 0.3) is 0 Å². The van der Waals surface area contributed by atoms with E-state index in [1.54, 1.807) is 0 Å². The van der Waals surface area contributed by atoms with Gasteiger partial charge in [0.2, 0.25) is 5.95 Å². The average Bonchev–Trinajstić information content (AvgIpc) is 2.62. The lowest BCUT2D eigenvalue weighted by Crippen LogP contribution is -2.02. The molecule has 0 saturated heterocycles. The normalized spacial score (nSPS) is 10.4. The van der Waals surface area contributed by atoms with Crippen LogP contribution < -0.4 is 5.32 Å². The van der Waals surface area contributed by atoms with Crippen molar-refractivity contribution < 1.29 is 0 Å². The van der Waals surface area contributed by atoms with Gasteiger partial charge in [0.05, 0.1) is 5.69 Å². The first-order valence-electron chi connectivity index (χ1n) is 5.57. The van der Waals surface area contributed by atoms with Gasteiger partial charge in [-0.3, -0.25) is 0 Å². The smallest absolute Gasteiger partial charge is 0.207 e. The molecule has 0 spiro atoms. The Morgan fingerprint density at radius 3 is 2.69 bits per heavy atom. The molecule has 0 aliphatic heterocycles. The molecule has 16 heavy (non-hydrogen) atoms. The van der Waals surface area contributed by atoms with Crippen LogP contribution in [0, 0.1) is 13.8 Å². The van der Waals surface area contributed by atoms with Crippen LogP contribution in [0.1, 0.15) is 18.2 Å². The van der Waals surface area contributed by atoms with Gasteiger partial charge in [-0.05, 0) is 32.4 Å². The second-order valence-corrected chi connectivity index (χ2v) is 3.93. The number of aromatic nitrogens is 2. The molecule has 0 atom stereocenters. The minimum Gasteiger partial charge on any atom is -0.325 e. The summed E-state index contributed by atoms with van der Waals surface area (Å²) in [5.74, 6) is 0.911. The van der Waals surface area contributed by atoms with Gasteiger partial charge in [0.1, 0.15) is 0 Å². The van der Waals surface area contributed by atoms with Gasteiger partial charge in [-0.2, -0.15) is 0 Å². The maximum atomic E-state index is 4.47. The van der Waals surface area contributed by atoms with Crippen LogP contribution in [-0.2, 0) is 6.54 Å². The van der Waals surface area contributed by atoms with Gasteiger partial charge in [-0.25, -0.2) is 4.98 Å². The molecule has 2 rings (SSSR count). The van der Waals surface area contributed by atoms with E-state index in [1.165, 1.54) is 5.56 Å². The molecule has 1 N–H and O–H groups in total. The van der Waals surface area contributed by atoms with Crippen LogP contribution in [0.2, 0.25) is 0 Å². The van der Waals surface area contributed by atoms with Crippen LogP contribution >= 0.6 is 0 Å². The zero-order valence-corrected chi connectivity index (χ0v) is 9.99. The van der Waals surface area contributed by atoms with Crippen molar-refractivity contribution in [3.05, 3.63) is 41.7 Å². The van der Waals surface area contributed by atoms with Crippen molar-refractivity contribution in [2.75, 3.05) is 5.32 Å². The Morgan fingerprint density at radius 1 is 1.25 bits per heavy atom. The minimum atomic E-state index is 0.911. The van der Waals surface area contributed by atoms with Gasteiger partial charge in [-0.1, -0.05) is 18.2 Å². The molecule has 1 aromatic heterocycles. The third-order valence-electron chi connectivity index (χ3n) is 2.63. The zero-order chi connectivity index (χ0) is 11.5. The zero-order valence-electron chi connectivity index (χ0n) is 9.99. The Kier molecular flexibility index (Phi) is 2.95. The summed E-state index contributed by atoms with van der Waals surface area (Å²) < 4.78 is 2.11. The van der Waals surface area contributed by atoms with E-state index >= 15 is 0 Å². The average molecular weight is 215 g/mol. The molecular formula is C13H17N3. The predicted molar refractivity (Wildman–Crippen MR) is 67.1 cm³/mol. The largest absolute Gasteiger partial charge is 0.325 e. The van der Waals surface area contributed by atoms with E-state index in [4.69, 9.17) is 0 Å². The van der Waals surface area contributed by atoms with Gasteiger partial charge in [-0.15, -0.1) is 0 Å². The lowest BCUT2D eigenvalue weighted by Gasteiger charge is -2.09. The van der Waals surface area contributed by atoms with Gasteiger partial charge in [0, 0.05) is 18.4 Å². The fourth-order valence-corrected chi connectivity index (χ4v) is 1.72. The summed E-state index contributed by atoms with van der Waals surface area (Å²) in [5, 5.41) is 3.36. The Bertz CT molecular complexity index is 486. The summed E-state index contributed by atoms with van der Waals surface area (Å²) in [7, 11) is 0. The third-order valence-corrected chi connectivity index (χ3v) is 2.63. The molecule has 0 bridgehead atoms. The van der Waals surface area contributed by atoms with E-state index in [0.717, 1.165) is 23.9 Å². The summed E-state index contributed by atoms with van der Waals surface area (Å²) in [6.07, 6.45) is 2.06.